The number of benzene rings is 2. The van der Waals surface area contributed by atoms with Crippen molar-refractivity contribution in [3.05, 3.63) is 107 Å². The van der Waals surface area contributed by atoms with Gasteiger partial charge in [0.15, 0.2) is 4.80 Å². The van der Waals surface area contributed by atoms with Crippen LogP contribution in [0.5, 0.6) is 5.75 Å². The van der Waals surface area contributed by atoms with Gasteiger partial charge in [0.1, 0.15) is 17.3 Å². The standard InChI is InChI=1S/C30H26Cl2N2O5S/c1-5-37-20-9-6-18(7-10-20)27-26(29(36)38-16(2)3)17(4)33-30-34(27)28(35)25(40-30)15-21-11-13-24(39-21)19-8-12-22(31)23(32)14-19/h6-16,27H,5H2,1-4H3/b25-15+/t27-/m0/s1. The van der Waals surface area contributed by atoms with E-state index in [-0.39, 0.29) is 11.7 Å². The van der Waals surface area contributed by atoms with Crippen molar-refractivity contribution in [2.75, 3.05) is 6.61 Å². The fourth-order valence-electron chi connectivity index (χ4n) is 4.45. The summed E-state index contributed by atoms with van der Waals surface area (Å²) in [6, 6.07) is 15.4. The number of ether oxygens (including phenoxy) is 2. The zero-order valence-electron chi connectivity index (χ0n) is 22.2. The minimum Gasteiger partial charge on any atom is -0.494 e. The van der Waals surface area contributed by atoms with E-state index in [1.807, 2.05) is 37.3 Å². The van der Waals surface area contributed by atoms with Crippen LogP contribution in [0, 0.1) is 0 Å². The number of thiazole rings is 1. The van der Waals surface area contributed by atoms with Crippen molar-refractivity contribution in [2.24, 2.45) is 4.99 Å². The van der Waals surface area contributed by atoms with Gasteiger partial charge in [-0.3, -0.25) is 9.36 Å². The van der Waals surface area contributed by atoms with Crippen molar-refractivity contribution >= 4 is 46.6 Å². The third-order valence-corrected chi connectivity index (χ3v) is 7.92. The third-order valence-electron chi connectivity index (χ3n) is 6.20. The maximum atomic E-state index is 13.8. The summed E-state index contributed by atoms with van der Waals surface area (Å²) in [6.07, 6.45) is 1.34. The zero-order chi connectivity index (χ0) is 28.6. The summed E-state index contributed by atoms with van der Waals surface area (Å²) in [7, 11) is 0. The van der Waals surface area contributed by atoms with Crippen molar-refractivity contribution < 1.29 is 18.7 Å². The lowest BCUT2D eigenvalue weighted by Crippen LogP contribution is -2.40. The molecule has 0 unspecified atom stereocenters. The summed E-state index contributed by atoms with van der Waals surface area (Å²) in [5, 5.41) is 0.870. The Kier molecular flexibility index (Phi) is 8.03. The van der Waals surface area contributed by atoms with E-state index < -0.39 is 12.0 Å². The Morgan fingerprint density at radius 3 is 2.55 bits per heavy atom. The lowest BCUT2D eigenvalue weighted by molar-refractivity contribution is -0.143. The number of hydrogen-bond acceptors (Lipinski definition) is 7. The highest BCUT2D eigenvalue weighted by atomic mass is 35.5. The Balaban J connectivity index is 1.61. The minimum atomic E-state index is -0.719. The average molecular weight is 598 g/mol. The normalized spacial score (nSPS) is 15.3. The molecule has 0 N–H and O–H groups in total. The lowest BCUT2D eigenvalue weighted by Gasteiger charge is -2.25. The SMILES string of the molecule is CCOc1ccc([C@H]2C(C(=O)OC(C)C)=C(C)N=c3s/c(=C/c4ccc(-c5ccc(Cl)c(Cl)c5)o4)c(=O)n32)cc1. The van der Waals surface area contributed by atoms with Crippen LogP contribution in [-0.4, -0.2) is 23.2 Å². The highest BCUT2D eigenvalue weighted by molar-refractivity contribution is 7.07. The molecule has 0 fully saturated rings. The number of allylic oxidation sites excluding steroid dienone is 1. The second kappa shape index (κ2) is 11.5. The maximum Gasteiger partial charge on any atom is 0.338 e. The van der Waals surface area contributed by atoms with E-state index in [9.17, 15) is 9.59 Å². The Morgan fingerprint density at radius 1 is 1.12 bits per heavy atom. The Labute approximate surface area is 244 Å². The molecule has 1 atom stereocenters. The molecule has 5 rings (SSSR count). The van der Waals surface area contributed by atoms with Gasteiger partial charge in [0.05, 0.1) is 44.6 Å². The smallest absolute Gasteiger partial charge is 0.338 e. The molecule has 0 aliphatic carbocycles. The molecular formula is C30H26Cl2N2O5S. The molecule has 7 nitrogen and oxygen atoms in total. The summed E-state index contributed by atoms with van der Waals surface area (Å²) in [5.74, 6) is 1.25. The molecular weight excluding hydrogens is 571 g/mol. The highest BCUT2D eigenvalue weighted by Gasteiger charge is 2.33. The maximum absolute atomic E-state index is 13.8. The van der Waals surface area contributed by atoms with Gasteiger partial charge < -0.3 is 13.9 Å². The Morgan fingerprint density at radius 2 is 1.88 bits per heavy atom. The molecule has 40 heavy (non-hydrogen) atoms. The molecule has 2 aromatic carbocycles. The van der Waals surface area contributed by atoms with Gasteiger partial charge in [0.2, 0.25) is 0 Å². The van der Waals surface area contributed by atoms with Crippen molar-refractivity contribution in [2.45, 2.75) is 39.8 Å². The molecule has 0 amide bonds. The molecule has 0 radical (unpaired) electrons. The van der Waals surface area contributed by atoms with E-state index in [1.54, 1.807) is 55.7 Å². The highest BCUT2D eigenvalue weighted by Crippen LogP contribution is 2.32. The molecule has 0 saturated heterocycles. The summed E-state index contributed by atoms with van der Waals surface area (Å²) in [5.41, 5.74) is 2.02. The molecule has 4 aromatic rings. The Hall–Kier alpha value is -3.59. The molecule has 0 saturated carbocycles. The van der Waals surface area contributed by atoms with Gasteiger partial charge in [-0.05, 0) is 75.7 Å². The van der Waals surface area contributed by atoms with E-state index in [2.05, 4.69) is 4.99 Å². The fourth-order valence-corrected chi connectivity index (χ4v) is 5.78. The van der Waals surface area contributed by atoms with Gasteiger partial charge in [-0.1, -0.05) is 46.7 Å². The van der Waals surface area contributed by atoms with Crippen LogP contribution in [0.3, 0.4) is 0 Å². The zero-order valence-corrected chi connectivity index (χ0v) is 24.6. The molecule has 1 aliphatic heterocycles. The molecule has 1 aliphatic rings. The summed E-state index contributed by atoms with van der Waals surface area (Å²) in [6.45, 7) is 7.75. The summed E-state index contributed by atoms with van der Waals surface area (Å²) in [4.78, 5) is 32.2. The number of carbonyl (C=O) groups is 1. The first-order valence-electron chi connectivity index (χ1n) is 12.7. The first kappa shape index (κ1) is 28.0. The van der Waals surface area contributed by atoms with Crippen LogP contribution in [0.15, 0.2) is 80.1 Å². The second-order valence-electron chi connectivity index (χ2n) is 9.37. The van der Waals surface area contributed by atoms with Crippen LogP contribution in [0.4, 0.5) is 0 Å². The molecule has 10 heteroatoms. The second-order valence-corrected chi connectivity index (χ2v) is 11.2. The topological polar surface area (TPSA) is 83.0 Å². The van der Waals surface area contributed by atoms with Crippen LogP contribution in [0.2, 0.25) is 10.0 Å². The predicted molar refractivity (Wildman–Crippen MR) is 157 cm³/mol. The monoisotopic (exact) mass is 596 g/mol. The lowest BCUT2D eigenvalue weighted by atomic mass is 9.96. The number of nitrogens with zero attached hydrogens (tertiary/aromatic N) is 2. The minimum absolute atomic E-state index is 0.294. The molecule has 0 spiro atoms. The Bertz CT molecular complexity index is 1800. The summed E-state index contributed by atoms with van der Waals surface area (Å²) < 4.78 is 19.1. The van der Waals surface area contributed by atoms with E-state index >= 15 is 0 Å². The van der Waals surface area contributed by atoms with Crippen LogP contribution in [0.1, 0.15) is 45.1 Å². The first-order valence-corrected chi connectivity index (χ1v) is 14.2. The van der Waals surface area contributed by atoms with Crippen molar-refractivity contribution in [3.63, 3.8) is 0 Å². The largest absolute Gasteiger partial charge is 0.494 e. The van der Waals surface area contributed by atoms with Crippen molar-refractivity contribution in [1.29, 1.82) is 0 Å². The molecule has 2 aromatic heterocycles. The van der Waals surface area contributed by atoms with E-state index in [4.69, 9.17) is 37.1 Å². The molecule has 3 heterocycles. The van der Waals surface area contributed by atoms with E-state index in [0.29, 0.717) is 54.5 Å². The predicted octanol–water partition coefficient (Wildman–Crippen LogP) is 6.15. The van der Waals surface area contributed by atoms with Crippen LogP contribution >= 0.6 is 34.5 Å². The van der Waals surface area contributed by atoms with E-state index in [1.165, 1.54) is 11.3 Å². The molecule has 206 valence electrons. The quantitative estimate of drug-likeness (QED) is 0.239. The van der Waals surface area contributed by atoms with Crippen LogP contribution in [-0.2, 0) is 9.53 Å². The number of fused-ring (bicyclic) bond motifs is 1. The first-order chi connectivity index (χ1) is 19.2. The molecule has 0 bridgehead atoms. The van der Waals surface area contributed by atoms with Crippen molar-refractivity contribution in [3.8, 4) is 17.1 Å². The number of rotatable bonds is 7. The van der Waals surface area contributed by atoms with E-state index in [0.717, 1.165) is 11.1 Å². The van der Waals surface area contributed by atoms with Gasteiger partial charge >= 0.3 is 5.97 Å². The summed E-state index contributed by atoms with van der Waals surface area (Å²) >= 11 is 13.4. The number of hydrogen-bond donors (Lipinski definition) is 0. The van der Waals surface area contributed by atoms with Crippen LogP contribution < -0.4 is 19.6 Å². The fraction of sp³-hybridized carbons (Fsp3) is 0.233. The van der Waals surface area contributed by atoms with Gasteiger partial charge in [-0.2, -0.15) is 0 Å². The average Bonchev–Trinajstić information content (AvgIpc) is 3.49. The van der Waals surface area contributed by atoms with Gasteiger partial charge in [-0.15, -0.1) is 0 Å². The number of furan rings is 1. The number of carbonyl (C=O) groups excluding carboxylic acids is 1. The number of halogens is 2. The van der Waals surface area contributed by atoms with Gasteiger partial charge in [-0.25, -0.2) is 9.79 Å². The van der Waals surface area contributed by atoms with Crippen molar-refractivity contribution in [1.82, 2.24) is 4.57 Å². The van der Waals surface area contributed by atoms with Crippen LogP contribution in [0.25, 0.3) is 17.4 Å². The van der Waals surface area contributed by atoms with Gasteiger partial charge in [0, 0.05) is 11.6 Å². The third kappa shape index (κ3) is 5.52. The van der Waals surface area contributed by atoms with Gasteiger partial charge in [0.25, 0.3) is 5.56 Å². The number of esters is 1. The number of aromatic nitrogens is 1.